The first-order chi connectivity index (χ1) is 13.9. The van der Waals surface area contributed by atoms with Crippen LogP contribution in [-0.4, -0.2) is 53.1 Å². The van der Waals surface area contributed by atoms with Crippen LogP contribution in [0.25, 0.3) is 0 Å². The molecule has 0 spiro atoms. The summed E-state index contributed by atoms with van der Waals surface area (Å²) in [6, 6.07) is 12.9. The van der Waals surface area contributed by atoms with Gasteiger partial charge in [0.2, 0.25) is 0 Å². The van der Waals surface area contributed by atoms with Crippen LogP contribution >= 0.6 is 0 Å². The second-order valence-electron chi connectivity index (χ2n) is 6.87. The Labute approximate surface area is 171 Å². The van der Waals surface area contributed by atoms with E-state index in [-0.39, 0.29) is 17.4 Å². The number of ether oxygens (including phenoxy) is 2. The molecule has 1 heterocycles. The van der Waals surface area contributed by atoms with E-state index >= 15 is 0 Å². The molecule has 0 N–H and O–H groups in total. The van der Waals surface area contributed by atoms with E-state index in [9.17, 15) is 13.2 Å². The Hall–Kier alpha value is -2.74. The molecule has 2 aromatic rings. The molecular weight excluding hydrogens is 392 g/mol. The highest BCUT2D eigenvalue weighted by molar-refractivity contribution is 7.92. The normalized spacial score (nSPS) is 14.3. The lowest BCUT2D eigenvalue weighted by Gasteiger charge is -2.26. The van der Waals surface area contributed by atoms with Gasteiger partial charge in [0, 0.05) is 20.1 Å². The van der Waals surface area contributed by atoms with Crippen LogP contribution in [0.4, 0.5) is 5.69 Å². The standard InChI is InChI=1S/C21H26N2O5S/c1-22(29(25,26)20-12-10-18(27-2)11-13-20)17-6-8-19(9-7-17)28-16-21(24)23-14-4-3-5-15-23/h6-13H,3-5,14-16H2,1-2H3. The average Bonchev–Trinajstić information content (AvgIpc) is 2.78. The van der Waals surface area contributed by atoms with Gasteiger partial charge in [0.1, 0.15) is 11.5 Å². The van der Waals surface area contributed by atoms with Crippen molar-refractivity contribution in [2.24, 2.45) is 0 Å². The molecule has 1 fully saturated rings. The molecule has 0 unspecified atom stereocenters. The molecule has 7 nitrogen and oxygen atoms in total. The van der Waals surface area contributed by atoms with Crippen LogP contribution in [0.1, 0.15) is 19.3 Å². The summed E-state index contributed by atoms with van der Waals surface area (Å²) in [6.07, 6.45) is 3.24. The van der Waals surface area contributed by atoms with Crippen LogP contribution in [0.15, 0.2) is 53.4 Å². The van der Waals surface area contributed by atoms with Crippen molar-refractivity contribution in [3.05, 3.63) is 48.5 Å². The second kappa shape index (κ2) is 9.17. The Morgan fingerprint density at radius 3 is 2.14 bits per heavy atom. The van der Waals surface area contributed by atoms with Crippen LogP contribution in [0.5, 0.6) is 11.5 Å². The minimum Gasteiger partial charge on any atom is -0.497 e. The summed E-state index contributed by atoms with van der Waals surface area (Å²) in [4.78, 5) is 14.2. The van der Waals surface area contributed by atoms with E-state index < -0.39 is 10.0 Å². The van der Waals surface area contributed by atoms with Crippen molar-refractivity contribution in [3.63, 3.8) is 0 Å². The summed E-state index contributed by atoms with van der Waals surface area (Å²) in [5.74, 6) is 1.09. The zero-order chi connectivity index (χ0) is 20.9. The number of anilines is 1. The van der Waals surface area contributed by atoms with E-state index in [0.29, 0.717) is 17.2 Å². The average molecular weight is 419 g/mol. The Morgan fingerprint density at radius 2 is 1.55 bits per heavy atom. The lowest BCUT2D eigenvalue weighted by Crippen LogP contribution is -2.38. The molecule has 0 saturated carbocycles. The number of hydrogen-bond donors (Lipinski definition) is 0. The first-order valence-corrected chi connectivity index (χ1v) is 11.0. The smallest absolute Gasteiger partial charge is 0.264 e. The van der Waals surface area contributed by atoms with E-state index in [1.54, 1.807) is 36.4 Å². The minimum atomic E-state index is -3.69. The Morgan fingerprint density at radius 1 is 0.966 bits per heavy atom. The molecule has 2 aromatic carbocycles. The Kier molecular flexibility index (Phi) is 6.64. The van der Waals surface area contributed by atoms with Crippen LogP contribution in [0, 0.1) is 0 Å². The van der Waals surface area contributed by atoms with E-state index in [1.807, 2.05) is 4.90 Å². The molecule has 0 aromatic heterocycles. The number of methoxy groups -OCH3 is 1. The molecule has 1 saturated heterocycles. The molecule has 0 atom stereocenters. The number of nitrogens with zero attached hydrogens (tertiary/aromatic N) is 2. The Bertz CT molecular complexity index is 921. The van der Waals surface area contributed by atoms with E-state index in [2.05, 4.69) is 0 Å². The third kappa shape index (κ3) is 5.00. The van der Waals surface area contributed by atoms with Gasteiger partial charge >= 0.3 is 0 Å². The van der Waals surface area contributed by atoms with Crippen molar-refractivity contribution in [3.8, 4) is 11.5 Å². The first kappa shape index (κ1) is 21.0. The van der Waals surface area contributed by atoms with Crippen LogP contribution in [0.2, 0.25) is 0 Å². The highest BCUT2D eigenvalue weighted by Crippen LogP contribution is 2.25. The molecule has 8 heteroatoms. The second-order valence-corrected chi connectivity index (χ2v) is 8.84. The van der Waals surface area contributed by atoms with Gasteiger partial charge in [0.15, 0.2) is 6.61 Å². The summed E-state index contributed by atoms with van der Waals surface area (Å²) in [5.41, 5.74) is 0.496. The molecule has 0 radical (unpaired) electrons. The minimum absolute atomic E-state index is 0.0146. The van der Waals surface area contributed by atoms with Gasteiger partial charge in [-0.25, -0.2) is 8.42 Å². The molecule has 0 bridgehead atoms. The first-order valence-electron chi connectivity index (χ1n) is 9.55. The van der Waals surface area contributed by atoms with E-state index in [4.69, 9.17) is 9.47 Å². The topological polar surface area (TPSA) is 76.1 Å². The molecule has 0 aliphatic carbocycles. The molecule has 29 heavy (non-hydrogen) atoms. The van der Waals surface area contributed by atoms with E-state index in [0.717, 1.165) is 25.9 Å². The predicted molar refractivity (Wildman–Crippen MR) is 111 cm³/mol. The summed E-state index contributed by atoms with van der Waals surface area (Å²) in [6.45, 7) is 1.56. The van der Waals surface area contributed by atoms with Crippen LogP contribution in [-0.2, 0) is 14.8 Å². The van der Waals surface area contributed by atoms with Gasteiger partial charge in [-0.3, -0.25) is 9.10 Å². The highest BCUT2D eigenvalue weighted by Gasteiger charge is 2.21. The summed E-state index contributed by atoms with van der Waals surface area (Å²) in [5, 5.41) is 0. The van der Waals surface area contributed by atoms with Crippen molar-refractivity contribution < 1.29 is 22.7 Å². The highest BCUT2D eigenvalue weighted by atomic mass is 32.2. The van der Waals surface area contributed by atoms with Crippen LogP contribution in [0.3, 0.4) is 0 Å². The number of amides is 1. The lowest BCUT2D eigenvalue weighted by atomic mass is 10.1. The number of carbonyl (C=O) groups excluding carboxylic acids is 1. The van der Waals surface area contributed by atoms with Gasteiger partial charge < -0.3 is 14.4 Å². The number of benzene rings is 2. The van der Waals surface area contributed by atoms with Crippen LogP contribution < -0.4 is 13.8 Å². The van der Waals surface area contributed by atoms with Gasteiger partial charge in [-0.1, -0.05) is 0 Å². The van der Waals surface area contributed by atoms with Crippen molar-refractivity contribution in [2.75, 3.05) is 38.2 Å². The number of piperidine rings is 1. The maximum absolute atomic E-state index is 12.8. The summed E-state index contributed by atoms with van der Waals surface area (Å²) >= 11 is 0. The van der Waals surface area contributed by atoms with Gasteiger partial charge in [0.05, 0.1) is 17.7 Å². The van der Waals surface area contributed by atoms with Crippen molar-refractivity contribution in [1.82, 2.24) is 4.90 Å². The number of hydrogen-bond acceptors (Lipinski definition) is 5. The molecule has 1 aliphatic rings. The van der Waals surface area contributed by atoms with Crippen molar-refractivity contribution >= 4 is 21.6 Å². The molecule has 1 aliphatic heterocycles. The number of rotatable bonds is 7. The lowest BCUT2D eigenvalue weighted by molar-refractivity contribution is -0.134. The monoisotopic (exact) mass is 418 g/mol. The molecule has 1 amide bonds. The van der Waals surface area contributed by atoms with Gasteiger partial charge in [-0.05, 0) is 67.8 Å². The van der Waals surface area contributed by atoms with Crippen molar-refractivity contribution in [2.45, 2.75) is 24.2 Å². The van der Waals surface area contributed by atoms with Gasteiger partial charge in [-0.2, -0.15) is 0 Å². The van der Waals surface area contributed by atoms with Crippen molar-refractivity contribution in [1.29, 1.82) is 0 Å². The number of likely N-dealkylation sites (tertiary alicyclic amines) is 1. The fourth-order valence-electron chi connectivity index (χ4n) is 3.18. The van der Waals surface area contributed by atoms with Gasteiger partial charge in [0.25, 0.3) is 15.9 Å². The fourth-order valence-corrected chi connectivity index (χ4v) is 4.37. The number of carbonyl (C=O) groups is 1. The largest absolute Gasteiger partial charge is 0.497 e. The molecule has 156 valence electrons. The molecular formula is C21H26N2O5S. The summed E-state index contributed by atoms with van der Waals surface area (Å²) < 4.78 is 37.5. The number of sulfonamides is 1. The SMILES string of the molecule is COc1ccc(S(=O)(=O)N(C)c2ccc(OCC(=O)N3CCCCC3)cc2)cc1. The third-order valence-electron chi connectivity index (χ3n) is 4.99. The maximum atomic E-state index is 12.8. The fraction of sp³-hybridized carbons (Fsp3) is 0.381. The quantitative estimate of drug-likeness (QED) is 0.691. The van der Waals surface area contributed by atoms with Gasteiger partial charge in [-0.15, -0.1) is 0 Å². The Balaban J connectivity index is 1.63. The predicted octanol–water partition coefficient (Wildman–Crippen LogP) is 2.91. The zero-order valence-electron chi connectivity index (χ0n) is 16.7. The molecule has 3 rings (SSSR count). The third-order valence-corrected chi connectivity index (χ3v) is 6.79. The zero-order valence-corrected chi connectivity index (χ0v) is 17.5. The summed E-state index contributed by atoms with van der Waals surface area (Å²) in [7, 11) is -0.671. The maximum Gasteiger partial charge on any atom is 0.264 e. The van der Waals surface area contributed by atoms with E-state index in [1.165, 1.54) is 37.0 Å².